The Morgan fingerprint density at radius 2 is 0.787 bits per heavy atom. The van der Waals surface area contributed by atoms with Crippen LogP contribution in [0, 0.1) is 0 Å². The first-order chi connectivity index (χ1) is 36.8. The highest BCUT2D eigenvalue weighted by Gasteiger charge is 2.52. The van der Waals surface area contributed by atoms with E-state index in [4.69, 9.17) is 4.98 Å². The molecule has 0 atom stereocenters. The Morgan fingerprint density at radius 1 is 0.347 bits per heavy atom. The van der Waals surface area contributed by atoms with Gasteiger partial charge in [0.05, 0.1) is 46.8 Å². The van der Waals surface area contributed by atoms with E-state index in [0.717, 1.165) is 27.8 Å². The third-order valence-corrected chi connectivity index (χ3v) is 19.0. The maximum absolute atomic E-state index is 5.52. The lowest BCUT2D eigenvalue weighted by molar-refractivity contribution is 0.794. The molecule has 0 aliphatic heterocycles. The zero-order chi connectivity index (χ0) is 49.7. The quantitative estimate of drug-likeness (QED) is 0.124. The largest absolute Gasteiger partial charge is 0.309 e. The first-order valence-electron chi connectivity index (χ1n) is 26.3. The van der Waals surface area contributed by atoms with E-state index in [1.165, 1.54) is 121 Å². The van der Waals surface area contributed by atoms with Gasteiger partial charge in [0.15, 0.2) is 0 Å². The van der Waals surface area contributed by atoms with Crippen molar-refractivity contribution in [2.45, 2.75) is 25.1 Å². The van der Waals surface area contributed by atoms with Crippen molar-refractivity contribution in [3.8, 4) is 56.0 Å². The van der Waals surface area contributed by atoms with Crippen molar-refractivity contribution in [2.24, 2.45) is 0 Å². The molecule has 11 aromatic carbocycles. The second kappa shape index (κ2) is 15.5. The molecule has 1 spiro atoms. The molecule has 75 heavy (non-hydrogen) atoms. The zero-order valence-corrected chi connectivity index (χ0v) is 42.9. The minimum absolute atomic E-state index is 0.422. The SMILES string of the molecule is C[Si](C)(C)c1ccc(-n2c3ccccc3c3ccc(-c4ccc5c6ccccc6n(-c6ccc(-c7nc8ccccc8c8c9c(ccc78)C7(c8ccccc8-c8ccccc87)c7ccccc7-9)cc6)c5c4)cc32)cc1. The first-order valence-corrected chi connectivity index (χ1v) is 29.8. The molecule has 0 fully saturated rings. The Hall–Kier alpha value is -9.09. The van der Waals surface area contributed by atoms with Crippen molar-refractivity contribution in [1.82, 2.24) is 14.1 Å². The summed E-state index contributed by atoms with van der Waals surface area (Å²) in [5.41, 5.74) is 22.8. The summed E-state index contributed by atoms with van der Waals surface area (Å²) < 4.78 is 4.89. The van der Waals surface area contributed by atoms with Crippen LogP contribution in [0.4, 0.5) is 0 Å². The molecule has 4 heteroatoms. The molecule has 0 saturated carbocycles. The Morgan fingerprint density at radius 3 is 1.36 bits per heavy atom. The van der Waals surface area contributed by atoms with E-state index in [0.29, 0.717) is 0 Å². The average Bonchev–Trinajstić information content (AvgIpc) is 4.38. The van der Waals surface area contributed by atoms with Crippen LogP contribution in [0.15, 0.2) is 243 Å². The van der Waals surface area contributed by atoms with E-state index in [9.17, 15) is 0 Å². The lowest BCUT2D eigenvalue weighted by Crippen LogP contribution is -2.37. The van der Waals surface area contributed by atoms with Crippen molar-refractivity contribution in [2.75, 3.05) is 0 Å². The van der Waals surface area contributed by atoms with E-state index in [1.807, 2.05) is 0 Å². The summed E-state index contributed by atoms with van der Waals surface area (Å²) in [5, 5.41) is 10.1. The zero-order valence-electron chi connectivity index (χ0n) is 41.9. The average molecular weight is 972 g/mol. The number of rotatable bonds is 5. The Labute approximate surface area is 436 Å². The van der Waals surface area contributed by atoms with Gasteiger partial charge in [0.2, 0.25) is 0 Å². The molecule has 0 N–H and O–H groups in total. The highest BCUT2D eigenvalue weighted by Crippen LogP contribution is 2.64. The fraction of sp³-hybridized carbons (Fsp3) is 0.0563. The maximum atomic E-state index is 5.52. The lowest BCUT2D eigenvalue weighted by atomic mass is 9.70. The molecule has 0 radical (unpaired) electrons. The second-order valence-corrected chi connectivity index (χ2v) is 26.9. The van der Waals surface area contributed by atoms with Crippen molar-refractivity contribution in [3.63, 3.8) is 0 Å². The molecule has 3 aromatic heterocycles. The van der Waals surface area contributed by atoms with E-state index >= 15 is 0 Å². The predicted molar refractivity (Wildman–Crippen MR) is 318 cm³/mol. The van der Waals surface area contributed by atoms with Crippen molar-refractivity contribution in [1.29, 1.82) is 0 Å². The smallest absolute Gasteiger partial charge is 0.0788 e. The summed E-state index contributed by atoms with van der Waals surface area (Å²) in [4.78, 5) is 5.52. The topological polar surface area (TPSA) is 22.8 Å². The summed E-state index contributed by atoms with van der Waals surface area (Å²) >= 11 is 0. The summed E-state index contributed by atoms with van der Waals surface area (Å²) in [6, 6.07) is 90.9. The minimum Gasteiger partial charge on any atom is -0.309 e. The van der Waals surface area contributed by atoms with Gasteiger partial charge in [-0.2, -0.15) is 0 Å². The van der Waals surface area contributed by atoms with Gasteiger partial charge in [-0.25, -0.2) is 4.98 Å². The number of nitrogens with zero attached hydrogens (tertiary/aromatic N) is 3. The molecule has 16 rings (SSSR count). The van der Waals surface area contributed by atoms with Gasteiger partial charge in [-0.1, -0.05) is 213 Å². The normalized spacial score (nSPS) is 13.4. The molecule has 0 amide bonds. The van der Waals surface area contributed by atoms with Crippen LogP contribution in [-0.2, 0) is 5.41 Å². The minimum atomic E-state index is -1.45. The molecule has 14 aromatic rings. The summed E-state index contributed by atoms with van der Waals surface area (Å²) in [5.74, 6) is 0. The van der Waals surface area contributed by atoms with E-state index < -0.39 is 13.5 Å². The molecule has 2 aliphatic rings. The van der Waals surface area contributed by atoms with Gasteiger partial charge >= 0.3 is 0 Å². The number of para-hydroxylation sites is 3. The molecule has 3 nitrogen and oxygen atoms in total. The van der Waals surface area contributed by atoms with Crippen LogP contribution in [-0.4, -0.2) is 22.2 Å². The molecule has 3 heterocycles. The molecular formula is C71H49N3Si. The van der Waals surface area contributed by atoms with Gasteiger partial charge < -0.3 is 9.13 Å². The standard InChI is InChI=1S/C71H49N3Si/c1-75(2,3)49-36-34-48(35-37-49)74-65-27-15-9-19-53(65)55-39-31-46(43-67(55)74)45-30-38-54-52-18-8-14-26-64(52)73(66(54)42-45)47-32-28-44(29-33-47)70-58-40-41-62-69(68(58)57-21-7-13-25-63(57)72-70)56-20-6-12-24-61(56)71(62)59-22-10-4-16-50(59)51-17-5-11-23-60(51)71/h4-43H,1-3H3. The van der Waals surface area contributed by atoms with E-state index in [2.05, 4.69) is 271 Å². The van der Waals surface area contributed by atoms with Crippen LogP contribution < -0.4 is 5.19 Å². The van der Waals surface area contributed by atoms with Gasteiger partial charge in [0.25, 0.3) is 0 Å². The van der Waals surface area contributed by atoms with Gasteiger partial charge in [0, 0.05) is 54.6 Å². The van der Waals surface area contributed by atoms with Crippen LogP contribution >= 0.6 is 0 Å². The highest BCUT2D eigenvalue weighted by molar-refractivity contribution is 6.88. The molecule has 0 unspecified atom stereocenters. The fourth-order valence-corrected chi connectivity index (χ4v) is 14.7. The Kier molecular flexibility index (Phi) is 8.75. The monoisotopic (exact) mass is 971 g/mol. The van der Waals surface area contributed by atoms with Crippen molar-refractivity contribution < 1.29 is 0 Å². The molecule has 2 aliphatic carbocycles. The van der Waals surface area contributed by atoms with E-state index in [1.54, 1.807) is 0 Å². The van der Waals surface area contributed by atoms with E-state index in [-0.39, 0.29) is 0 Å². The summed E-state index contributed by atoms with van der Waals surface area (Å²) in [6.45, 7) is 7.24. The summed E-state index contributed by atoms with van der Waals surface area (Å²) in [7, 11) is -1.45. The first kappa shape index (κ1) is 42.4. The van der Waals surface area contributed by atoms with Crippen molar-refractivity contribution in [3.05, 3.63) is 265 Å². The molecule has 0 bridgehead atoms. The maximum Gasteiger partial charge on any atom is 0.0788 e. The summed E-state index contributed by atoms with van der Waals surface area (Å²) in [6.07, 6.45) is 0. The lowest BCUT2D eigenvalue weighted by Gasteiger charge is -2.30. The fourth-order valence-electron chi connectivity index (χ4n) is 13.6. The number of aromatic nitrogens is 3. The second-order valence-electron chi connectivity index (χ2n) is 21.8. The van der Waals surface area contributed by atoms with Crippen LogP contribution in [0.3, 0.4) is 0 Å². The van der Waals surface area contributed by atoms with Crippen molar-refractivity contribution >= 4 is 78.5 Å². The van der Waals surface area contributed by atoms with Gasteiger partial charge in [-0.05, 0) is 110 Å². The number of fused-ring (bicyclic) bond motifs is 20. The third-order valence-electron chi connectivity index (χ3n) is 16.9. The van der Waals surface area contributed by atoms with Crippen LogP contribution in [0.2, 0.25) is 19.6 Å². The number of hydrogen-bond donors (Lipinski definition) is 0. The predicted octanol–water partition coefficient (Wildman–Crippen LogP) is 17.8. The molecular weight excluding hydrogens is 923 g/mol. The molecule has 352 valence electrons. The Balaban J connectivity index is 0.853. The van der Waals surface area contributed by atoms with Gasteiger partial charge in [0.1, 0.15) is 0 Å². The molecule has 0 saturated heterocycles. The van der Waals surface area contributed by atoms with Gasteiger partial charge in [-0.3, -0.25) is 0 Å². The van der Waals surface area contributed by atoms with Crippen LogP contribution in [0.1, 0.15) is 22.3 Å². The Bertz CT molecular complexity index is 4690. The van der Waals surface area contributed by atoms with Gasteiger partial charge in [-0.15, -0.1) is 0 Å². The third kappa shape index (κ3) is 5.83. The number of hydrogen-bond acceptors (Lipinski definition) is 1. The number of benzene rings is 11. The number of pyridine rings is 1. The van der Waals surface area contributed by atoms with Crippen LogP contribution in [0.5, 0.6) is 0 Å². The highest BCUT2D eigenvalue weighted by atomic mass is 28.3. The van der Waals surface area contributed by atoms with Crippen LogP contribution in [0.25, 0.3) is 121 Å².